The van der Waals surface area contributed by atoms with Crippen LogP contribution in [-0.2, 0) is 5.41 Å². The Morgan fingerprint density at radius 1 is 1.24 bits per heavy atom. The minimum atomic E-state index is -0.159. The van der Waals surface area contributed by atoms with Gasteiger partial charge in [0.15, 0.2) is 0 Å². The summed E-state index contributed by atoms with van der Waals surface area (Å²) in [5.41, 5.74) is 5.12. The molecule has 2 nitrogen and oxygen atoms in total. The molecule has 0 spiro atoms. The van der Waals surface area contributed by atoms with E-state index in [-0.39, 0.29) is 10.2 Å². The zero-order valence-corrected chi connectivity index (χ0v) is 12.7. The molecule has 1 N–H and O–H groups in total. The van der Waals surface area contributed by atoms with E-state index >= 15 is 0 Å². The van der Waals surface area contributed by atoms with Gasteiger partial charge in [0.1, 0.15) is 0 Å². The molecule has 1 rings (SSSR count). The van der Waals surface area contributed by atoms with Gasteiger partial charge in [-0.2, -0.15) is 0 Å². The zero-order valence-electron chi connectivity index (χ0n) is 11.1. The summed E-state index contributed by atoms with van der Waals surface area (Å²) in [5.74, 6) is 0. The summed E-state index contributed by atoms with van der Waals surface area (Å²) in [7, 11) is 0. The molecule has 0 aliphatic heterocycles. The Balaban J connectivity index is 3.09. The second-order valence-electron chi connectivity index (χ2n) is 5.28. The molecule has 3 heteroatoms. The SMILES string of the molecule is Cc1cc(C)c(C(C)(C)CNC(=O)Br)c(C)c1. The van der Waals surface area contributed by atoms with Gasteiger partial charge in [0, 0.05) is 27.9 Å². The van der Waals surface area contributed by atoms with Crippen LogP contribution < -0.4 is 5.32 Å². The van der Waals surface area contributed by atoms with E-state index in [0.29, 0.717) is 6.54 Å². The third-order valence-corrected chi connectivity index (χ3v) is 3.30. The third kappa shape index (κ3) is 3.56. The molecule has 0 atom stereocenters. The molecule has 0 saturated heterocycles. The highest BCUT2D eigenvalue weighted by atomic mass is 79.9. The average Bonchev–Trinajstić information content (AvgIpc) is 2.12. The summed E-state index contributed by atoms with van der Waals surface area (Å²) < 4.78 is 0. The summed E-state index contributed by atoms with van der Waals surface area (Å²) in [6.45, 7) is 11.3. The molecule has 17 heavy (non-hydrogen) atoms. The largest absolute Gasteiger partial charge is 0.346 e. The van der Waals surface area contributed by atoms with Crippen LogP contribution in [0.2, 0.25) is 0 Å². The maximum Gasteiger partial charge on any atom is 0.287 e. The highest BCUT2D eigenvalue weighted by Gasteiger charge is 2.24. The zero-order chi connectivity index (χ0) is 13.2. The number of carbonyl (C=O) groups excluding carboxylic acids is 1. The lowest BCUT2D eigenvalue weighted by molar-refractivity contribution is 0.259. The van der Waals surface area contributed by atoms with Crippen molar-refractivity contribution in [3.8, 4) is 0 Å². The van der Waals surface area contributed by atoms with Gasteiger partial charge in [-0.25, -0.2) is 0 Å². The predicted molar refractivity (Wildman–Crippen MR) is 76.0 cm³/mol. The Hall–Kier alpha value is -0.830. The van der Waals surface area contributed by atoms with E-state index < -0.39 is 0 Å². The van der Waals surface area contributed by atoms with E-state index in [4.69, 9.17) is 0 Å². The van der Waals surface area contributed by atoms with Gasteiger partial charge >= 0.3 is 0 Å². The minimum absolute atomic E-state index is 0.0642. The Kier molecular flexibility index (Phi) is 4.36. The van der Waals surface area contributed by atoms with Gasteiger partial charge in [0.25, 0.3) is 4.82 Å². The molecular weight excluding hydrogens is 278 g/mol. The second-order valence-corrected chi connectivity index (χ2v) is 6.01. The van der Waals surface area contributed by atoms with Gasteiger partial charge in [0.05, 0.1) is 0 Å². The molecule has 1 aromatic rings. The Morgan fingerprint density at radius 2 is 1.71 bits per heavy atom. The van der Waals surface area contributed by atoms with E-state index in [9.17, 15) is 4.79 Å². The number of nitrogens with one attached hydrogen (secondary N) is 1. The maximum absolute atomic E-state index is 11.0. The topological polar surface area (TPSA) is 29.1 Å². The van der Waals surface area contributed by atoms with Crippen molar-refractivity contribution in [2.45, 2.75) is 40.0 Å². The van der Waals surface area contributed by atoms with Crippen LogP contribution in [0.5, 0.6) is 0 Å². The first kappa shape index (κ1) is 14.2. The number of hydrogen-bond acceptors (Lipinski definition) is 1. The highest BCUT2D eigenvalue weighted by molar-refractivity contribution is 9.18. The number of rotatable bonds is 3. The summed E-state index contributed by atoms with van der Waals surface area (Å²) in [6, 6.07) is 4.39. The van der Waals surface area contributed by atoms with Crippen molar-refractivity contribution in [3.05, 3.63) is 34.4 Å². The average molecular weight is 298 g/mol. The molecule has 1 amide bonds. The third-order valence-electron chi connectivity index (χ3n) is 3.02. The van der Waals surface area contributed by atoms with Crippen molar-refractivity contribution in [3.63, 3.8) is 0 Å². The van der Waals surface area contributed by atoms with Crippen molar-refractivity contribution in [2.75, 3.05) is 6.54 Å². The standard InChI is InChI=1S/C14H20BrNO/c1-9-6-10(2)12(11(3)7-9)14(4,5)8-16-13(15)17/h6-7H,8H2,1-5H3,(H,16,17). The number of halogens is 1. The lowest BCUT2D eigenvalue weighted by Gasteiger charge is -2.29. The summed E-state index contributed by atoms with van der Waals surface area (Å²) in [5, 5.41) is 2.83. The van der Waals surface area contributed by atoms with Gasteiger partial charge in [-0.3, -0.25) is 4.79 Å². The fourth-order valence-electron chi connectivity index (χ4n) is 2.63. The van der Waals surface area contributed by atoms with Crippen molar-refractivity contribution < 1.29 is 4.79 Å². The van der Waals surface area contributed by atoms with Crippen LogP contribution in [0.25, 0.3) is 0 Å². The number of carbonyl (C=O) groups is 1. The minimum Gasteiger partial charge on any atom is -0.346 e. The van der Waals surface area contributed by atoms with Crippen LogP contribution in [0.4, 0.5) is 4.79 Å². The molecule has 0 unspecified atom stereocenters. The summed E-state index contributed by atoms with van der Waals surface area (Å²) in [6.07, 6.45) is 0. The van der Waals surface area contributed by atoms with Crippen LogP contribution in [0.3, 0.4) is 0 Å². The highest BCUT2D eigenvalue weighted by Crippen LogP contribution is 2.29. The van der Waals surface area contributed by atoms with Crippen LogP contribution in [0.15, 0.2) is 12.1 Å². The smallest absolute Gasteiger partial charge is 0.287 e. The van der Waals surface area contributed by atoms with Gasteiger partial charge in [-0.15, -0.1) is 0 Å². The molecule has 0 aliphatic carbocycles. The number of benzene rings is 1. The van der Waals surface area contributed by atoms with Crippen molar-refractivity contribution in [1.29, 1.82) is 0 Å². The summed E-state index contributed by atoms with van der Waals surface area (Å²) in [4.78, 5) is 10.8. The van der Waals surface area contributed by atoms with Crippen molar-refractivity contribution in [1.82, 2.24) is 5.32 Å². The Labute approximate surface area is 112 Å². The molecule has 0 fully saturated rings. The van der Waals surface area contributed by atoms with Gasteiger partial charge in [-0.1, -0.05) is 31.5 Å². The van der Waals surface area contributed by atoms with E-state index in [1.165, 1.54) is 22.3 Å². The van der Waals surface area contributed by atoms with Gasteiger partial charge < -0.3 is 5.32 Å². The number of hydrogen-bond donors (Lipinski definition) is 1. The molecule has 0 bridgehead atoms. The molecule has 0 heterocycles. The number of amides is 1. The fourth-order valence-corrected chi connectivity index (χ4v) is 2.77. The van der Waals surface area contributed by atoms with Crippen molar-refractivity contribution in [2.24, 2.45) is 0 Å². The molecule has 0 saturated carbocycles. The van der Waals surface area contributed by atoms with Gasteiger partial charge in [0.2, 0.25) is 0 Å². The first-order valence-electron chi connectivity index (χ1n) is 5.75. The molecule has 0 radical (unpaired) electrons. The van der Waals surface area contributed by atoms with E-state index in [0.717, 1.165) is 0 Å². The van der Waals surface area contributed by atoms with Crippen LogP contribution >= 0.6 is 15.9 Å². The first-order valence-corrected chi connectivity index (χ1v) is 6.55. The van der Waals surface area contributed by atoms with E-state index in [1.807, 2.05) is 0 Å². The normalized spacial score (nSPS) is 11.4. The van der Waals surface area contributed by atoms with Crippen molar-refractivity contribution >= 4 is 20.7 Å². The monoisotopic (exact) mass is 297 g/mol. The molecule has 0 aliphatic rings. The second kappa shape index (κ2) is 5.21. The van der Waals surface area contributed by atoms with Crippen LogP contribution in [-0.4, -0.2) is 11.4 Å². The maximum atomic E-state index is 11.0. The van der Waals surface area contributed by atoms with Crippen LogP contribution in [0, 0.1) is 20.8 Å². The molecule has 1 aromatic carbocycles. The van der Waals surface area contributed by atoms with E-state index in [2.05, 4.69) is 68.0 Å². The lowest BCUT2D eigenvalue weighted by atomic mass is 9.79. The number of aryl methyl sites for hydroxylation is 3. The van der Waals surface area contributed by atoms with E-state index in [1.54, 1.807) is 0 Å². The Bertz CT molecular complexity index is 415. The van der Waals surface area contributed by atoms with Gasteiger partial charge in [-0.05, 0) is 37.5 Å². The predicted octanol–water partition coefficient (Wildman–Crippen LogP) is 3.99. The molecule has 94 valence electrons. The Morgan fingerprint density at radius 3 is 2.12 bits per heavy atom. The first-order chi connectivity index (χ1) is 7.74. The summed E-state index contributed by atoms with van der Waals surface area (Å²) >= 11 is 2.90. The fraction of sp³-hybridized carbons (Fsp3) is 0.500. The van der Waals surface area contributed by atoms with Crippen LogP contribution in [0.1, 0.15) is 36.1 Å². The molecular formula is C14H20BrNO. The quantitative estimate of drug-likeness (QED) is 0.663. The molecule has 0 aromatic heterocycles. The lowest BCUT2D eigenvalue weighted by Crippen LogP contribution is -2.35.